The number of rotatable bonds is 49. The van der Waals surface area contributed by atoms with Gasteiger partial charge in [0.15, 0.2) is 0 Å². The lowest BCUT2D eigenvalue weighted by Gasteiger charge is -2.24. The van der Waals surface area contributed by atoms with E-state index < -0.39 is 18.2 Å². The molecule has 3 unspecified atom stereocenters. The summed E-state index contributed by atoms with van der Waals surface area (Å²) in [6.45, 7) is 6.42. The third kappa shape index (κ3) is 47.6. The van der Waals surface area contributed by atoms with Crippen molar-refractivity contribution in [2.45, 2.75) is 283 Å². The molecule has 3 N–H and O–H groups in total. The Morgan fingerprint density at radius 2 is 0.831 bits per heavy atom. The van der Waals surface area contributed by atoms with Crippen molar-refractivity contribution in [3.63, 3.8) is 0 Å². The SMILES string of the molecule is CCCCC/C=C\C/C=C\C/C=C\C/C=C\CCCC(=O)OC(CCCCCC/C=C/C=C/CCCCC)CC(=O)NC(CO)C(O)CCCCCCCCCCCCCCCCCC. The molecular weight excluding hydrogens is 803 g/mol. The van der Waals surface area contributed by atoms with E-state index in [1.54, 1.807) is 0 Å². The molecule has 0 aromatic rings. The number of amides is 1. The highest BCUT2D eigenvalue weighted by molar-refractivity contribution is 5.77. The third-order valence-electron chi connectivity index (χ3n) is 12.3. The minimum atomic E-state index is -0.806. The van der Waals surface area contributed by atoms with E-state index in [0.717, 1.165) is 83.5 Å². The fourth-order valence-corrected chi connectivity index (χ4v) is 8.06. The summed E-state index contributed by atoms with van der Waals surface area (Å²) in [7, 11) is 0. The van der Waals surface area contributed by atoms with Crippen LogP contribution in [0.5, 0.6) is 0 Å². The fourth-order valence-electron chi connectivity index (χ4n) is 8.06. The average Bonchev–Trinajstić information content (AvgIpc) is 3.30. The van der Waals surface area contributed by atoms with Crippen molar-refractivity contribution in [1.29, 1.82) is 0 Å². The van der Waals surface area contributed by atoms with E-state index in [-0.39, 0.29) is 24.9 Å². The van der Waals surface area contributed by atoms with Gasteiger partial charge in [0.25, 0.3) is 0 Å². The summed E-state index contributed by atoms with van der Waals surface area (Å²) in [5.41, 5.74) is 0. The lowest BCUT2D eigenvalue weighted by atomic mass is 10.0. The van der Waals surface area contributed by atoms with Crippen LogP contribution in [-0.2, 0) is 14.3 Å². The molecule has 6 heteroatoms. The number of aliphatic hydroxyl groups is 2. The van der Waals surface area contributed by atoms with Crippen molar-refractivity contribution in [3.8, 4) is 0 Å². The van der Waals surface area contributed by atoms with E-state index >= 15 is 0 Å². The Labute approximate surface area is 402 Å². The van der Waals surface area contributed by atoms with Crippen LogP contribution < -0.4 is 5.32 Å². The van der Waals surface area contributed by atoms with Gasteiger partial charge in [0.1, 0.15) is 6.10 Å². The van der Waals surface area contributed by atoms with Gasteiger partial charge in [-0.15, -0.1) is 0 Å². The Balaban J connectivity index is 4.64. The van der Waals surface area contributed by atoms with Gasteiger partial charge in [-0.3, -0.25) is 9.59 Å². The van der Waals surface area contributed by atoms with Gasteiger partial charge in [0.2, 0.25) is 5.91 Å². The standard InChI is InChI=1S/C59H105NO5/c1-4-7-10-13-16-19-22-25-27-29-31-34-37-40-43-46-49-52-59(64)65-55(50-47-44-41-38-35-32-24-21-18-15-12-9-6-3)53-58(63)60-56(54-61)57(62)51-48-45-42-39-36-33-30-28-26-23-20-17-14-11-8-5-2/h16,18-19,21,24-25,27,31-32,34,40,43,55-57,61-62H,4-15,17,20,22-23,26,28-30,33,35-39,41-42,44-54H2,1-3H3,(H,60,63)/b19-16-,21-18+,27-25-,32-24+,34-31-,43-40-. The van der Waals surface area contributed by atoms with Crippen LogP contribution in [0, 0.1) is 0 Å². The van der Waals surface area contributed by atoms with E-state index in [1.165, 1.54) is 128 Å². The number of nitrogens with one attached hydrogen (secondary N) is 1. The van der Waals surface area contributed by atoms with E-state index in [0.29, 0.717) is 25.7 Å². The molecule has 0 rings (SSSR count). The maximum Gasteiger partial charge on any atom is 0.306 e. The van der Waals surface area contributed by atoms with Crippen molar-refractivity contribution in [2.24, 2.45) is 0 Å². The predicted molar refractivity (Wildman–Crippen MR) is 282 cm³/mol. The molecule has 0 saturated carbocycles. The van der Waals surface area contributed by atoms with E-state index in [4.69, 9.17) is 4.74 Å². The quantitative estimate of drug-likeness (QED) is 0.0245. The minimum absolute atomic E-state index is 0.0402. The first kappa shape index (κ1) is 62.3. The van der Waals surface area contributed by atoms with E-state index in [2.05, 4.69) is 99.0 Å². The topological polar surface area (TPSA) is 95.9 Å². The highest BCUT2D eigenvalue weighted by Gasteiger charge is 2.24. The Hall–Kier alpha value is -2.70. The number of hydrogen-bond donors (Lipinski definition) is 3. The first-order valence-electron chi connectivity index (χ1n) is 27.7. The van der Waals surface area contributed by atoms with Gasteiger partial charge in [0.05, 0.1) is 25.2 Å². The molecule has 3 atom stereocenters. The van der Waals surface area contributed by atoms with Gasteiger partial charge in [-0.2, -0.15) is 0 Å². The Bertz CT molecular complexity index is 1200. The van der Waals surface area contributed by atoms with Crippen LogP contribution in [0.25, 0.3) is 0 Å². The van der Waals surface area contributed by atoms with E-state index in [1.807, 2.05) is 0 Å². The Morgan fingerprint density at radius 3 is 1.31 bits per heavy atom. The lowest BCUT2D eigenvalue weighted by Crippen LogP contribution is -2.46. The molecule has 0 bridgehead atoms. The summed E-state index contributed by atoms with van der Waals surface area (Å²) in [5.74, 6) is -0.560. The van der Waals surface area contributed by atoms with Crippen LogP contribution in [0.15, 0.2) is 72.9 Å². The number of allylic oxidation sites excluding steroid dienone is 12. The molecule has 0 aliphatic rings. The largest absolute Gasteiger partial charge is 0.462 e. The predicted octanol–water partition coefficient (Wildman–Crippen LogP) is 17.0. The molecule has 0 aliphatic heterocycles. The highest BCUT2D eigenvalue weighted by Crippen LogP contribution is 2.17. The zero-order chi connectivity index (χ0) is 47.4. The zero-order valence-corrected chi connectivity index (χ0v) is 42.9. The van der Waals surface area contributed by atoms with Gasteiger partial charge < -0.3 is 20.3 Å². The van der Waals surface area contributed by atoms with Gasteiger partial charge in [0, 0.05) is 6.42 Å². The van der Waals surface area contributed by atoms with Crippen molar-refractivity contribution in [2.75, 3.05) is 6.61 Å². The van der Waals surface area contributed by atoms with E-state index in [9.17, 15) is 19.8 Å². The van der Waals surface area contributed by atoms with Crippen LogP contribution in [-0.4, -0.2) is 46.9 Å². The van der Waals surface area contributed by atoms with Crippen molar-refractivity contribution >= 4 is 11.9 Å². The molecule has 0 aliphatic carbocycles. The summed E-state index contributed by atoms with van der Waals surface area (Å²) in [5, 5.41) is 23.8. The van der Waals surface area contributed by atoms with Crippen LogP contribution in [0.3, 0.4) is 0 Å². The first-order chi connectivity index (χ1) is 32.0. The molecule has 0 aromatic heterocycles. The second-order valence-electron chi connectivity index (χ2n) is 18.7. The second kappa shape index (κ2) is 52.3. The summed E-state index contributed by atoms with van der Waals surface area (Å²) < 4.78 is 5.91. The molecule has 1 amide bonds. The summed E-state index contributed by atoms with van der Waals surface area (Å²) in [4.78, 5) is 26.2. The molecular formula is C59H105NO5. The minimum Gasteiger partial charge on any atom is -0.462 e. The maximum atomic E-state index is 13.2. The molecule has 65 heavy (non-hydrogen) atoms. The summed E-state index contributed by atoms with van der Waals surface area (Å²) in [6, 6.07) is -0.722. The van der Waals surface area contributed by atoms with Gasteiger partial charge in [-0.05, 0) is 89.9 Å². The molecule has 0 radical (unpaired) electrons. The first-order valence-corrected chi connectivity index (χ1v) is 27.7. The second-order valence-corrected chi connectivity index (χ2v) is 18.7. The molecule has 0 saturated heterocycles. The Kier molecular flexibility index (Phi) is 50.1. The lowest BCUT2D eigenvalue weighted by molar-refractivity contribution is -0.151. The number of esters is 1. The van der Waals surface area contributed by atoms with Gasteiger partial charge in [-0.25, -0.2) is 0 Å². The van der Waals surface area contributed by atoms with Gasteiger partial charge in [-0.1, -0.05) is 235 Å². The smallest absolute Gasteiger partial charge is 0.306 e. The number of unbranched alkanes of at least 4 members (excludes halogenated alkanes) is 26. The van der Waals surface area contributed by atoms with Crippen LogP contribution >= 0.6 is 0 Å². The van der Waals surface area contributed by atoms with Crippen molar-refractivity contribution in [1.82, 2.24) is 5.32 Å². The van der Waals surface area contributed by atoms with Crippen LogP contribution in [0.4, 0.5) is 0 Å². The zero-order valence-electron chi connectivity index (χ0n) is 42.9. The molecule has 0 fully saturated rings. The van der Waals surface area contributed by atoms with Crippen LogP contribution in [0.2, 0.25) is 0 Å². The van der Waals surface area contributed by atoms with Crippen molar-refractivity contribution in [3.05, 3.63) is 72.9 Å². The van der Waals surface area contributed by atoms with Crippen molar-refractivity contribution < 1.29 is 24.5 Å². The normalized spacial score (nSPS) is 13.7. The number of carbonyl (C=O) groups is 2. The maximum absolute atomic E-state index is 13.2. The average molecular weight is 908 g/mol. The Morgan fingerprint density at radius 1 is 0.462 bits per heavy atom. The fraction of sp³-hybridized carbons (Fsp3) is 0.763. The summed E-state index contributed by atoms with van der Waals surface area (Å²) in [6.07, 6.45) is 66.8. The highest BCUT2D eigenvalue weighted by atomic mass is 16.5. The number of carbonyl (C=O) groups excluding carboxylic acids is 2. The summed E-state index contributed by atoms with van der Waals surface area (Å²) >= 11 is 0. The molecule has 0 spiro atoms. The number of ether oxygens (including phenoxy) is 1. The monoisotopic (exact) mass is 908 g/mol. The molecule has 376 valence electrons. The molecule has 6 nitrogen and oxygen atoms in total. The number of aliphatic hydroxyl groups excluding tert-OH is 2. The third-order valence-corrected chi connectivity index (χ3v) is 12.3. The van der Waals surface area contributed by atoms with Crippen LogP contribution in [0.1, 0.15) is 265 Å². The molecule has 0 heterocycles. The van der Waals surface area contributed by atoms with Gasteiger partial charge >= 0.3 is 5.97 Å². The number of hydrogen-bond acceptors (Lipinski definition) is 5. The molecule has 0 aromatic carbocycles.